The van der Waals surface area contributed by atoms with E-state index in [0.717, 1.165) is 24.1 Å². The van der Waals surface area contributed by atoms with Crippen LogP contribution >= 0.6 is 27.3 Å². The Bertz CT molecular complexity index is 965. The number of nitrogens with zero attached hydrogens (tertiary/aromatic N) is 1. The van der Waals surface area contributed by atoms with Gasteiger partial charge in [0.25, 0.3) is 11.8 Å². The number of fused-ring (bicyclic) bond motifs is 1. The van der Waals surface area contributed by atoms with Crippen LogP contribution in [0.15, 0.2) is 56.9 Å². The number of furan rings is 1. The van der Waals surface area contributed by atoms with E-state index < -0.39 is 0 Å². The number of halogens is 1. The van der Waals surface area contributed by atoms with Crippen molar-refractivity contribution in [2.24, 2.45) is 0 Å². The van der Waals surface area contributed by atoms with E-state index in [4.69, 9.17) is 4.42 Å². The number of carbonyl (C=O) groups is 2. The monoisotopic (exact) mass is 430 g/mol. The molecule has 0 spiro atoms. The van der Waals surface area contributed by atoms with Crippen LogP contribution in [0.1, 0.15) is 32.2 Å². The third-order valence-corrected chi connectivity index (χ3v) is 5.52. The predicted octanol–water partition coefficient (Wildman–Crippen LogP) is 4.95. The first-order chi connectivity index (χ1) is 12.6. The number of anilines is 2. The molecule has 1 aliphatic rings. The van der Waals surface area contributed by atoms with E-state index in [9.17, 15) is 9.59 Å². The third-order valence-electron chi connectivity index (χ3n) is 4.24. The number of amides is 2. The van der Waals surface area contributed by atoms with Gasteiger partial charge in [0.05, 0.1) is 4.88 Å². The van der Waals surface area contributed by atoms with Crippen LogP contribution in [0.25, 0.3) is 0 Å². The summed E-state index contributed by atoms with van der Waals surface area (Å²) < 4.78 is 5.78. The quantitative estimate of drug-likeness (QED) is 0.639. The summed E-state index contributed by atoms with van der Waals surface area (Å²) in [6, 6.07) is 12.7. The molecule has 7 heteroatoms. The molecule has 0 bridgehead atoms. The summed E-state index contributed by atoms with van der Waals surface area (Å²) in [5, 5.41) is 4.73. The minimum Gasteiger partial charge on any atom is -0.444 e. The third kappa shape index (κ3) is 3.32. The molecule has 0 radical (unpaired) electrons. The summed E-state index contributed by atoms with van der Waals surface area (Å²) in [4.78, 5) is 27.6. The average molecular weight is 431 g/mol. The Balaban J connectivity index is 1.61. The minimum atomic E-state index is -0.331. The molecule has 3 aromatic rings. The fourth-order valence-corrected chi connectivity index (χ4v) is 4.00. The van der Waals surface area contributed by atoms with Gasteiger partial charge >= 0.3 is 0 Å². The molecule has 2 amide bonds. The first-order valence-corrected chi connectivity index (χ1v) is 9.84. The highest BCUT2D eigenvalue weighted by Crippen LogP contribution is 2.32. The highest BCUT2D eigenvalue weighted by molar-refractivity contribution is 9.10. The summed E-state index contributed by atoms with van der Waals surface area (Å²) in [5.41, 5.74) is 2.60. The van der Waals surface area contributed by atoms with Crippen molar-refractivity contribution >= 4 is 50.5 Å². The van der Waals surface area contributed by atoms with Gasteiger partial charge < -0.3 is 14.6 Å². The zero-order valence-corrected chi connectivity index (χ0v) is 16.1. The molecule has 0 saturated carbocycles. The first-order valence-electron chi connectivity index (χ1n) is 8.17. The molecule has 0 fully saturated rings. The SMILES string of the molecule is O=C(Nc1ccc2c(c1)N(C(=O)c1cccs1)CCC2)c1ccc(Br)o1. The van der Waals surface area contributed by atoms with Crippen LogP contribution in [0.3, 0.4) is 0 Å². The van der Waals surface area contributed by atoms with E-state index in [1.54, 1.807) is 17.0 Å². The van der Waals surface area contributed by atoms with Crippen LogP contribution in [0, 0.1) is 0 Å². The highest BCUT2D eigenvalue weighted by Gasteiger charge is 2.25. The fourth-order valence-electron chi connectivity index (χ4n) is 3.03. The topological polar surface area (TPSA) is 62.6 Å². The molecular weight excluding hydrogens is 416 g/mol. The van der Waals surface area contributed by atoms with Gasteiger partial charge in [0.1, 0.15) is 0 Å². The number of thiophene rings is 1. The van der Waals surface area contributed by atoms with Crippen LogP contribution in [0.2, 0.25) is 0 Å². The molecule has 0 atom stereocenters. The zero-order chi connectivity index (χ0) is 18.1. The second-order valence-electron chi connectivity index (χ2n) is 5.94. The van der Waals surface area contributed by atoms with E-state index >= 15 is 0 Å². The van der Waals surface area contributed by atoms with Crippen LogP contribution in [-0.4, -0.2) is 18.4 Å². The molecular formula is C19H15BrN2O3S. The number of aryl methyl sites for hydroxylation is 1. The summed E-state index contributed by atoms with van der Waals surface area (Å²) in [6.45, 7) is 0.673. The summed E-state index contributed by atoms with van der Waals surface area (Å²) in [5.74, 6) is -0.108. The normalized spacial score (nSPS) is 13.3. The maximum atomic E-state index is 12.8. The molecule has 0 saturated heterocycles. The number of carbonyl (C=O) groups excluding carboxylic acids is 2. The van der Waals surface area contributed by atoms with Crippen molar-refractivity contribution in [3.8, 4) is 0 Å². The lowest BCUT2D eigenvalue weighted by Gasteiger charge is -2.29. The Labute approximate surface area is 162 Å². The molecule has 1 aromatic carbocycles. The number of hydrogen-bond acceptors (Lipinski definition) is 4. The summed E-state index contributed by atoms with van der Waals surface area (Å²) in [7, 11) is 0. The van der Waals surface area contributed by atoms with Gasteiger partial charge in [-0.3, -0.25) is 9.59 Å². The van der Waals surface area contributed by atoms with Crippen molar-refractivity contribution < 1.29 is 14.0 Å². The van der Waals surface area contributed by atoms with Crippen LogP contribution in [-0.2, 0) is 6.42 Å². The molecule has 26 heavy (non-hydrogen) atoms. The number of rotatable bonds is 3. The Kier molecular flexibility index (Phi) is 4.65. The lowest BCUT2D eigenvalue weighted by Crippen LogP contribution is -2.35. The van der Waals surface area contributed by atoms with Crippen LogP contribution in [0.5, 0.6) is 0 Å². The van der Waals surface area contributed by atoms with Crippen molar-refractivity contribution in [2.45, 2.75) is 12.8 Å². The van der Waals surface area contributed by atoms with Gasteiger partial charge in [-0.25, -0.2) is 0 Å². The zero-order valence-electron chi connectivity index (χ0n) is 13.7. The van der Waals surface area contributed by atoms with E-state index in [2.05, 4.69) is 21.2 Å². The molecule has 4 rings (SSSR count). The molecule has 132 valence electrons. The van der Waals surface area contributed by atoms with E-state index in [0.29, 0.717) is 21.8 Å². The van der Waals surface area contributed by atoms with Gasteiger partial charge in [0.2, 0.25) is 0 Å². The standard InChI is InChI=1S/C19H15BrN2O3S/c20-17-8-7-15(25-17)18(23)21-13-6-5-12-3-1-9-22(14(12)11-13)19(24)16-4-2-10-26-16/h2,4-8,10-11H,1,3,9H2,(H,21,23). The molecule has 1 N–H and O–H groups in total. The molecule has 5 nitrogen and oxygen atoms in total. The van der Waals surface area contributed by atoms with Crippen molar-refractivity contribution in [3.05, 3.63) is 68.7 Å². The van der Waals surface area contributed by atoms with Crippen molar-refractivity contribution in [1.29, 1.82) is 0 Å². The lowest BCUT2D eigenvalue weighted by atomic mass is 10.0. The Hall–Kier alpha value is -2.38. The van der Waals surface area contributed by atoms with E-state index in [1.165, 1.54) is 11.3 Å². The predicted molar refractivity (Wildman–Crippen MR) is 105 cm³/mol. The smallest absolute Gasteiger partial charge is 0.291 e. The second kappa shape index (κ2) is 7.09. The summed E-state index contributed by atoms with van der Waals surface area (Å²) in [6.07, 6.45) is 1.85. The van der Waals surface area contributed by atoms with Gasteiger partial charge in [-0.15, -0.1) is 11.3 Å². The Morgan fingerprint density at radius 1 is 1.19 bits per heavy atom. The molecule has 0 unspecified atom stereocenters. The maximum Gasteiger partial charge on any atom is 0.291 e. The number of benzene rings is 1. The van der Waals surface area contributed by atoms with E-state index in [-0.39, 0.29) is 17.6 Å². The van der Waals surface area contributed by atoms with Gasteiger partial charge in [-0.2, -0.15) is 0 Å². The highest BCUT2D eigenvalue weighted by atomic mass is 79.9. The molecule has 0 aliphatic carbocycles. The van der Waals surface area contributed by atoms with Crippen molar-refractivity contribution in [3.63, 3.8) is 0 Å². The average Bonchev–Trinajstić information content (AvgIpc) is 3.32. The largest absolute Gasteiger partial charge is 0.444 e. The second-order valence-corrected chi connectivity index (χ2v) is 7.67. The van der Waals surface area contributed by atoms with Gasteiger partial charge in [-0.05, 0) is 70.0 Å². The number of nitrogens with one attached hydrogen (secondary N) is 1. The van der Waals surface area contributed by atoms with Crippen LogP contribution < -0.4 is 10.2 Å². The first kappa shape index (κ1) is 17.1. The maximum absolute atomic E-state index is 12.8. The Morgan fingerprint density at radius 2 is 2.08 bits per heavy atom. The Morgan fingerprint density at radius 3 is 2.81 bits per heavy atom. The minimum absolute atomic E-state index is 0.000563. The van der Waals surface area contributed by atoms with Gasteiger partial charge in [0.15, 0.2) is 10.4 Å². The van der Waals surface area contributed by atoms with E-state index in [1.807, 2.05) is 35.7 Å². The lowest BCUT2D eigenvalue weighted by molar-refractivity contribution is 0.0985. The van der Waals surface area contributed by atoms with Crippen molar-refractivity contribution in [1.82, 2.24) is 0 Å². The fraction of sp³-hybridized carbons (Fsp3) is 0.158. The van der Waals surface area contributed by atoms with Gasteiger partial charge in [0, 0.05) is 17.9 Å². The van der Waals surface area contributed by atoms with Crippen LogP contribution in [0.4, 0.5) is 11.4 Å². The molecule has 2 aromatic heterocycles. The van der Waals surface area contributed by atoms with Gasteiger partial charge in [-0.1, -0.05) is 12.1 Å². The van der Waals surface area contributed by atoms with Crippen molar-refractivity contribution in [2.75, 3.05) is 16.8 Å². The molecule has 1 aliphatic heterocycles. The summed E-state index contributed by atoms with van der Waals surface area (Å²) >= 11 is 4.62. The number of hydrogen-bond donors (Lipinski definition) is 1. The molecule has 3 heterocycles.